The van der Waals surface area contributed by atoms with E-state index in [9.17, 15) is 0 Å². The van der Waals surface area contributed by atoms with Gasteiger partial charge in [0.1, 0.15) is 0 Å². The monoisotopic (exact) mass is 235 g/mol. The standard InChI is InChI=1S/C12H17N3S/c1-8-6-9(2)15(14-8)11(7-13)12-5-4-10(3)16-12/h4-6,11H,7,13H2,1-3H3. The third kappa shape index (κ3) is 2.03. The molecule has 16 heavy (non-hydrogen) atoms. The molecule has 0 saturated carbocycles. The van der Waals surface area contributed by atoms with E-state index in [1.165, 1.54) is 15.4 Å². The lowest BCUT2D eigenvalue weighted by molar-refractivity contribution is 0.524. The van der Waals surface area contributed by atoms with Gasteiger partial charge in [-0.25, -0.2) is 0 Å². The Morgan fingerprint density at radius 3 is 2.56 bits per heavy atom. The van der Waals surface area contributed by atoms with Crippen LogP contribution in [0.2, 0.25) is 0 Å². The van der Waals surface area contributed by atoms with Gasteiger partial charge in [-0.05, 0) is 39.0 Å². The largest absolute Gasteiger partial charge is 0.328 e. The summed E-state index contributed by atoms with van der Waals surface area (Å²) < 4.78 is 2.03. The zero-order valence-corrected chi connectivity index (χ0v) is 10.7. The van der Waals surface area contributed by atoms with Crippen molar-refractivity contribution in [1.29, 1.82) is 0 Å². The Bertz CT molecular complexity index is 484. The smallest absolute Gasteiger partial charge is 0.0985 e. The molecule has 2 N–H and O–H groups in total. The quantitative estimate of drug-likeness (QED) is 0.888. The number of rotatable bonds is 3. The van der Waals surface area contributed by atoms with E-state index in [-0.39, 0.29) is 6.04 Å². The molecule has 2 rings (SSSR count). The summed E-state index contributed by atoms with van der Waals surface area (Å²) in [5.41, 5.74) is 8.08. The van der Waals surface area contributed by atoms with Crippen molar-refractivity contribution in [2.24, 2.45) is 5.73 Å². The van der Waals surface area contributed by atoms with E-state index < -0.39 is 0 Å². The van der Waals surface area contributed by atoms with Crippen LogP contribution < -0.4 is 5.73 Å². The Labute approximate surface area is 99.9 Å². The number of thiophene rings is 1. The molecule has 4 heteroatoms. The molecule has 0 spiro atoms. The van der Waals surface area contributed by atoms with Gasteiger partial charge >= 0.3 is 0 Å². The van der Waals surface area contributed by atoms with Gasteiger partial charge in [-0.1, -0.05) is 0 Å². The van der Waals surface area contributed by atoms with E-state index in [2.05, 4.69) is 37.1 Å². The maximum absolute atomic E-state index is 5.87. The van der Waals surface area contributed by atoms with Crippen molar-refractivity contribution in [1.82, 2.24) is 9.78 Å². The summed E-state index contributed by atoms with van der Waals surface area (Å²) in [7, 11) is 0. The fraction of sp³-hybridized carbons (Fsp3) is 0.417. The maximum Gasteiger partial charge on any atom is 0.0985 e. The summed E-state index contributed by atoms with van der Waals surface area (Å²) in [5.74, 6) is 0. The second-order valence-electron chi connectivity index (χ2n) is 4.07. The van der Waals surface area contributed by atoms with Crippen LogP contribution in [-0.4, -0.2) is 16.3 Å². The van der Waals surface area contributed by atoms with Crippen LogP contribution in [0.5, 0.6) is 0 Å². The third-order valence-electron chi connectivity index (χ3n) is 2.65. The second-order valence-corrected chi connectivity index (χ2v) is 5.39. The highest BCUT2D eigenvalue weighted by Crippen LogP contribution is 2.26. The van der Waals surface area contributed by atoms with Crippen LogP contribution in [0.15, 0.2) is 18.2 Å². The fourth-order valence-electron chi connectivity index (χ4n) is 1.93. The zero-order valence-electron chi connectivity index (χ0n) is 9.90. The molecule has 3 nitrogen and oxygen atoms in total. The average Bonchev–Trinajstić information content (AvgIpc) is 2.76. The van der Waals surface area contributed by atoms with Gasteiger partial charge in [0.15, 0.2) is 0 Å². The highest BCUT2D eigenvalue weighted by atomic mass is 32.1. The predicted octanol–water partition coefficient (Wildman–Crippen LogP) is 2.42. The molecule has 2 aromatic rings. The van der Waals surface area contributed by atoms with Gasteiger partial charge < -0.3 is 5.73 Å². The topological polar surface area (TPSA) is 43.8 Å². The van der Waals surface area contributed by atoms with E-state index in [0.717, 1.165) is 5.69 Å². The van der Waals surface area contributed by atoms with Gasteiger partial charge in [-0.3, -0.25) is 4.68 Å². The van der Waals surface area contributed by atoms with E-state index >= 15 is 0 Å². The molecule has 2 heterocycles. The number of hydrogen-bond donors (Lipinski definition) is 1. The Morgan fingerprint density at radius 2 is 2.12 bits per heavy atom. The van der Waals surface area contributed by atoms with Crippen molar-refractivity contribution in [2.45, 2.75) is 26.8 Å². The van der Waals surface area contributed by atoms with Crippen molar-refractivity contribution in [3.63, 3.8) is 0 Å². The van der Waals surface area contributed by atoms with Gasteiger partial charge in [-0.15, -0.1) is 11.3 Å². The van der Waals surface area contributed by atoms with Crippen molar-refractivity contribution < 1.29 is 0 Å². The van der Waals surface area contributed by atoms with E-state index in [0.29, 0.717) is 6.54 Å². The molecule has 0 bridgehead atoms. The van der Waals surface area contributed by atoms with Crippen LogP contribution in [0.25, 0.3) is 0 Å². The van der Waals surface area contributed by atoms with Crippen LogP contribution >= 0.6 is 11.3 Å². The highest BCUT2D eigenvalue weighted by Gasteiger charge is 2.16. The molecule has 86 valence electrons. The first kappa shape index (κ1) is 11.4. The molecule has 1 atom stereocenters. The van der Waals surface area contributed by atoms with Gasteiger partial charge in [0, 0.05) is 22.0 Å². The van der Waals surface area contributed by atoms with Gasteiger partial charge in [0.05, 0.1) is 11.7 Å². The zero-order chi connectivity index (χ0) is 11.7. The van der Waals surface area contributed by atoms with Crippen LogP contribution in [0.3, 0.4) is 0 Å². The lowest BCUT2D eigenvalue weighted by Gasteiger charge is -2.15. The van der Waals surface area contributed by atoms with Crippen LogP contribution in [0, 0.1) is 20.8 Å². The van der Waals surface area contributed by atoms with E-state index in [1.807, 2.05) is 11.6 Å². The number of hydrogen-bond acceptors (Lipinski definition) is 3. The van der Waals surface area contributed by atoms with E-state index in [1.54, 1.807) is 11.3 Å². The first-order valence-corrected chi connectivity index (χ1v) is 6.22. The molecular weight excluding hydrogens is 218 g/mol. The first-order valence-electron chi connectivity index (χ1n) is 5.41. The summed E-state index contributed by atoms with van der Waals surface area (Å²) in [6, 6.07) is 6.54. The number of nitrogens with two attached hydrogens (primary N) is 1. The molecule has 0 fully saturated rings. The molecule has 0 amide bonds. The Morgan fingerprint density at radius 1 is 1.38 bits per heavy atom. The first-order chi connectivity index (χ1) is 7.61. The van der Waals surface area contributed by atoms with Crippen molar-refractivity contribution >= 4 is 11.3 Å². The molecule has 0 radical (unpaired) electrons. The molecule has 1 unspecified atom stereocenters. The van der Waals surface area contributed by atoms with Crippen LogP contribution in [-0.2, 0) is 0 Å². The summed E-state index contributed by atoms with van der Waals surface area (Å²) in [5, 5.41) is 4.51. The summed E-state index contributed by atoms with van der Waals surface area (Å²) in [6.07, 6.45) is 0. The van der Waals surface area contributed by atoms with Crippen molar-refractivity contribution in [3.8, 4) is 0 Å². The number of aryl methyl sites for hydroxylation is 3. The minimum absolute atomic E-state index is 0.174. The molecule has 0 aliphatic heterocycles. The second kappa shape index (κ2) is 4.39. The molecular formula is C12H17N3S. The normalized spacial score (nSPS) is 13.0. The Kier molecular flexibility index (Phi) is 3.12. The van der Waals surface area contributed by atoms with Crippen LogP contribution in [0.4, 0.5) is 0 Å². The SMILES string of the molecule is Cc1cc(C)n(C(CN)c2ccc(C)s2)n1. The lowest BCUT2D eigenvalue weighted by Crippen LogP contribution is -2.21. The van der Waals surface area contributed by atoms with Crippen LogP contribution in [0.1, 0.15) is 27.2 Å². The number of nitrogens with zero attached hydrogens (tertiary/aromatic N) is 2. The lowest BCUT2D eigenvalue weighted by atomic mass is 10.2. The molecule has 0 aliphatic carbocycles. The van der Waals surface area contributed by atoms with Gasteiger partial charge in [-0.2, -0.15) is 5.10 Å². The van der Waals surface area contributed by atoms with Crippen molar-refractivity contribution in [3.05, 3.63) is 39.3 Å². The highest BCUT2D eigenvalue weighted by molar-refractivity contribution is 7.12. The third-order valence-corrected chi connectivity index (χ3v) is 3.75. The minimum Gasteiger partial charge on any atom is -0.328 e. The van der Waals surface area contributed by atoms with E-state index in [4.69, 9.17) is 5.73 Å². The summed E-state index contributed by atoms with van der Waals surface area (Å²) >= 11 is 1.79. The molecule has 0 aromatic carbocycles. The summed E-state index contributed by atoms with van der Waals surface area (Å²) in [4.78, 5) is 2.60. The van der Waals surface area contributed by atoms with Crippen molar-refractivity contribution in [2.75, 3.05) is 6.54 Å². The fourth-order valence-corrected chi connectivity index (χ4v) is 2.91. The summed E-state index contributed by atoms with van der Waals surface area (Å²) in [6.45, 7) is 6.78. The van der Waals surface area contributed by atoms with Gasteiger partial charge in [0.25, 0.3) is 0 Å². The minimum atomic E-state index is 0.174. The molecule has 2 aromatic heterocycles. The average molecular weight is 235 g/mol. The van der Waals surface area contributed by atoms with Gasteiger partial charge in [0.2, 0.25) is 0 Å². The molecule has 0 saturated heterocycles. The maximum atomic E-state index is 5.87. The Hall–Kier alpha value is -1.13. The number of aromatic nitrogens is 2. The predicted molar refractivity (Wildman–Crippen MR) is 68.0 cm³/mol. The molecule has 0 aliphatic rings. The Balaban J connectivity index is 2.40.